The maximum absolute atomic E-state index is 9.75. The van der Waals surface area contributed by atoms with Crippen LogP contribution in [-0.4, -0.2) is 22.4 Å². The third-order valence-electron chi connectivity index (χ3n) is 3.55. The van der Waals surface area contributed by atoms with Gasteiger partial charge in [-0.1, -0.05) is 31.5 Å². The number of aliphatic hydroxyl groups is 1. The molecule has 1 rings (SSSR count). The van der Waals surface area contributed by atoms with Gasteiger partial charge in [0.05, 0.1) is 6.61 Å². The van der Waals surface area contributed by atoms with Crippen molar-refractivity contribution in [3.05, 3.63) is 29.3 Å². The van der Waals surface area contributed by atoms with Gasteiger partial charge in [-0.2, -0.15) is 0 Å². The molecule has 0 bridgehead atoms. The Morgan fingerprint density at radius 3 is 2.41 bits per heavy atom. The molecule has 3 nitrogen and oxygen atoms in total. The lowest BCUT2D eigenvalue weighted by molar-refractivity contribution is 0.149. The highest BCUT2D eigenvalue weighted by Crippen LogP contribution is 2.20. The fraction of sp³-hybridized carbons (Fsp3) is 0.571. The van der Waals surface area contributed by atoms with Crippen LogP contribution in [0, 0.1) is 6.92 Å². The molecule has 0 aliphatic carbocycles. The van der Waals surface area contributed by atoms with Gasteiger partial charge < -0.3 is 15.5 Å². The Kier molecular flexibility index (Phi) is 4.97. The maximum Gasteiger partial charge on any atom is 0.120 e. The van der Waals surface area contributed by atoms with Gasteiger partial charge in [-0.15, -0.1) is 0 Å². The van der Waals surface area contributed by atoms with E-state index in [0.717, 1.165) is 24.0 Å². The standard InChI is InChI=1S/C14H23NO2/c1-4-14(5-2,10-16)15-9-12-8-11(3)6-7-13(12)17/h6-8,15-17H,4-5,9-10H2,1-3H3. The second-order valence-electron chi connectivity index (χ2n) is 4.63. The van der Waals surface area contributed by atoms with Crippen LogP contribution in [0.1, 0.15) is 37.8 Å². The van der Waals surface area contributed by atoms with Crippen molar-refractivity contribution in [1.82, 2.24) is 5.32 Å². The van der Waals surface area contributed by atoms with Crippen LogP contribution in [0.5, 0.6) is 5.75 Å². The molecule has 1 aromatic carbocycles. The third-order valence-corrected chi connectivity index (χ3v) is 3.55. The van der Waals surface area contributed by atoms with Crippen molar-refractivity contribution in [1.29, 1.82) is 0 Å². The number of phenolic OH excluding ortho intramolecular Hbond substituents is 1. The SMILES string of the molecule is CCC(CC)(CO)NCc1cc(C)ccc1O. The zero-order valence-electron chi connectivity index (χ0n) is 11.0. The van der Waals surface area contributed by atoms with E-state index in [-0.39, 0.29) is 12.1 Å². The van der Waals surface area contributed by atoms with Crippen LogP contribution in [0.4, 0.5) is 0 Å². The number of nitrogens with one attached hydrogen (secondary N) is 1. The summed E-state index contributed by atoms with van der Waals surface area (Å²) in [6.45, 7) is 6.82. The molecule has 0 aliphatic rings. The van der Waals surface area contributed by atoms with Gasteiger partial charge in [0.2, 0.25) is 0 Å². The van der Waals surface area contributed by atoms with Gasteiger partial charge in [-0.05, 0) is 25.8 Å². The van der Waals surface area contributed by atoms with E-state index < -0.39 is 0 Å². The summed E-state index contributed by atoms with van der Waals surface area (Å²) in [6.07, 6.45) is 1.74. The Hall–Kier alpha value is -1.06. The monoisotopic (exact) mass is 237 g/mol. The average Bonchev–Trinajstić information content (AvgIpc) is 2.35. The Labute approximate surface area is 103 Å². The Morgan fingerprint density at radius 2 is 1.88 bits per heavy atom. The van der Waals surface area contributed by atoms with E-state index in [4.69, 9.17) is 0 Å². The van der Waals surface area contributed by atoms with Gasteiger partial charge in [-0.3, -0.25) is 0 Å². The second-order valence-corrected chi connectivity index (χ2v) is 4.63. The fourth-order valence-corrected chi connectivity index (χ4v) is 1.92. The third kappa shape index (κ3) is 3.45. The van der Waals surface area contributed by atoms with E-state index in [0.29, 0.717) is 12.3 Å². The highest BCUT2D eigenvalue weighted by atomic mass is 16.3. The van der Waals surface area contributed by atoms with Crippen LogP contribution in [-0.2, 0) is 6.54 Å². The Morgan fingerprint density at radius 1 is 1.24 bits per heavy atom. The predicted octanol–water partition coefficient (Wildman–Crippen LogP) is 2.34. The van der Waals surface area contributed by atoms with Crippen molar-refractivity contribution in [2.75, 3.05) is 6.61 Å². The predicted molar refractivity (Wildman–Crippen MR) is 70.1 cm³/mol. The van der Waals surface area contributed by atoms with E-state index in [1.165, 1.54) is 0 Å². The first-order valence-corrected chi connectivity index (χ1v) is 6.21. The van der Waals surface area contributed by atoms with Crippen LogP contribution in [0.25, 0.3) is 0 Å². The lowest BCUT2D eigenvalue weighted by atomic mass is 9.93. The molecule has 17 heavy (non-hydrogen) atoms. The smallest absolute Gasteiger partial charge is 0.120 e. The van der Waals surface area contributed by atoms with Crippen LogP contribution in [0.2, 0.25) is 0 Å². The molecule has 0 heterocycles. The molecule has 3 heteroatoms. The molecule has 0 unspecified atom stereocenters. The van der Waals surface area contributed by atoms with E-state index in [9.17, 15) is 10.2 Å². The highest BCUT2D eigenvalue weighted by molar-refractivity contribution is 5.35. The van der Waals surface area contributed by atoms with E-state index in [1.807, 2.05) is 19.1 Å². The minimum Gasteiger partial charge on any atom is -0.508 e. The summed E-state index contributed by atoms with van der Waals surface area (Å²) in [4.78, 5) is 0. The molecule has 0 aromatic heterocycles. The van der Waals surface area contributed by atoms with Crippen molar-refractivity contribution in [3.63, 3.8) is 0 Å². The summed E-state index contributed by atoms with van der Waals surface area (Å²) in [5, 5.41) is 22.6. The Bertz CT molecular complexity index is 351. The molecule has 0 fully saturated rings. The minimum absolute atomic E-state index is 0.118. The lowest BCUT2D eigenvalue weighted by Gasteiger charge is -2.31. The number of aromatic hydroxyl groups is 1. The number of hydrogen-bond acceptors (Lipinski definition) is 3. The second kappa shape index (κ2) is 6.03. The van der Waals surface area contributed by atoms with Crippen molar-refractivity contribution in [2.45, 2.75) is 45.7 Å². The normalized spacial score (nSPS) is 11.8. The molecule has 0 saturated heterocycles. The zero-order valence-corrected chi connectivity index (χ0v) is 11.0. The summed E-state index contributed by atoms with van der Waals surface area (Å²) in [5.74, 6) is 0.308. The minimum atomic E-state index is -0.240. The van der Waals surface area contributed by atoms with Gasteiger partial charge in [0, 0.05) is 17.6 Å². The first-order valence-electron chi connectivity index (χ1n) is 6.21. The van der Waals surface area contributed by atoms with E-state index >= 15 is 0 Å². The van der Waals surface area contributed by atoms with Crippen LogP contribution < -0.4 is 5.32 Å². The number of aliphatic hydroxyl groups excluding tert-OH is 1. The summed E-state index contributed by atoms with van der Waals surface area (Å²) >= 11 is 0. The van der Waals surface area contributed by atoms with Crippen LogP contribution in [0.3, 0.4) is 0 Å². The van der Waals surface area contributed by atoms with Gasteiger partial charge in [0.25, 0.3) is 0 Å². The zero-order chi connectivity index (χ0) is 12.9. The first-order chi connectivity index (χ1) is 8.06. The van der Waals surface area contributed by atoms with Crippen molar-refractivity contribution in [3.8, 4) is 5.75 Å². The topological polar surface area (TPSA) is 52.5 Å². The number of rotatable bonds is 6. The van der Waals surface area contributed by atoms with E-state index in [2.05, 4.69) is 19.2 Å². The van der Waals surface area contributed by atoms with Gasteiger partial charge in [0.1, 0.15) is 5.75 Å². The molecule has 0 radical (unpaired) electrons. The molecular formula is C14H23NO2. The summed E-state index contributed by atoms with van der Waals surface area (Å²) in [5.41, 5.74) is 1.77. The average molecular weight is 237 g/mol. The number of hydrogen-bond donors (Lipinski definition) is 3. The molecule has 0 saturated carbocycles. The first kappa shape index (κ1) is 14.0. The fourth-order valence-electron chi connectivity index (χ4n) is 1.92. The van der Waals surface area contributed by atoms with Gasteiger partial charge >= 0.3 is 0 Å². The molecule has 3 N–H and O–H groups in total. The molecule has 1 aromatic rings. The number of benzene rings is 1. The maximum atomic E-state index is 9.75. The largest absolute Gasteiger partial charge is 0.508 e. The van der Waals surface area contributed by atoms with Crippen molar-refractivity contribution in [2.24, 2.45) is 0 Å². The van der Waals surface area contributed by atoms with Gasteiger partial charge in [0.15, 0.2) is 0 Å². The molecule has 0 spiro atoms. The summed E-state index contributed by atoms with van der Waals surface area (Å²) < 4.78 is 0. The molecule has 0 amide bonds. The summed E-state index contributed by atoms with van der Waals surface area (Å²) in [7, 11) is 0. The van der Waals surface area contributed by atoms with Gasteiger partial charge in [-0.25, -0.2) is 0 Å². The van der Waals surface area contributed by atoms with Crippen molar-refractivity contribution >= 4 is 0 Å². The molecule has 0 aliphatic heterocycles. The lowest BCUT2D eigenvalue weighted by Crippen LogP contribution is -2.47. The van der Waals surface area contributed by atoms with E-state index in [1.54, 1.807) is 6.07 Å². The molecule has 0 atom stereocenters. The van der Waals surface area contributed by atoms with Crippen molar-refractivity contribution < 1.29 is 10.2 Å². The Balaban J connectivity index is 2.75. The number of phenols is 1. The number of aryl methyl sites for hydroxylation is 1. The van der Waals surface area contributed by atoms with Crippen LogP contribution >= 0.6 is 0 Å². The quantitative estimate of drug-likeness (QED) is 0.712. The molecule has 96 valence electrons. The molecular weight excluding hydrogens is 214 g/mol. The van der Waals surface area contributed by atoms with Crippen LogP contribution in [0.15, 0.2) is 18.2 Å². The highest BCUT2D eigenvalue weighted by Gasteiger charge is 2.24. The summed E-state index contributed by atoms with van der Waals surface area (Å²) in [6, 6.07) is 5.57.